The van der Waals surface area contributed by atoms with E-state index >= 15 is 0 Å². The van der Waals surface area contributed by atoms with E-state index in [1.54, 1.807) is 0 Å². The highest BCUT2D eigenvalue weighted by atomic mass is 79.9. The molecular formula is C23H19BrCl3F7N2O. The van der Waals surface area contributed by atoms with Crippen LogP contribution in [0.15, 0.2) is 40.9 Å². The Hall–Kier alpha value is -1.53. The maximum Gasteiger partial charge on any atom is 0.401 e. The number of nitrogens with one attached hydrogen (secondary N) is 1. The lowest BCUT2D eigenvalue weighted by molar-refractivity contribution is -0.143. The smallest absolute Gasteiger partial charge is 0.348 e. The lowest BCUT2D eigenvalue weighted by Gasteiger charge is -2.23. The summed E-state index contributed by atoms with van der Waals surface area (Å²) in [5, 5.41) is 1.91. The number of benzene rings is 2. The molecule has 14 heteroatoms. The number of alkyl halides is 6. The minimum absolute atomic E-state index is 0.00510. The standard InChI is InChI=1S/C23H19BrCl3F7N2O/c1-11(9-36(2)10-22(29,30)31)35-21(37)14-4-3-12(5-16(14)24)19(28)8-15(23(32,33)34)13-6-17(25)20(27)18(26)7-13/h3-8,11,15H,9-10H2,1-2H3,(H,35,37)/b19-8-. The van der Waals surface area contributed by atoms with E-state index in [0.29, 0.717) is 6.08 Å². The van der Waals surface area contributed by atoms with Crippen LogP contribution in [0, 0.1) is 0 Å². The predicted molar refractivity (Wildman–Crippen MR) is 134 cm³/mol. The summed E-state index contributed by atoms with van der Waals surface area (Å²) in [6.45, 7) is 0.239. The molecule has 0 spiro atoms. The molecule has 0 aromatic heterocycles. The van der Waals surface area contributed by atoms with Crippen molar-refractivity contribution in [3.8, 4) is 0 Å². The van der Waals surface area contributed by atoms with Crippen LogP contribution in [0.25, 0.3) is 5.83 Å². The average molecular weight is 659 g/mol. The van der Waals surface area contributed by atoms with Crippen molar-refractivity contribution in [2.45, 2.75) is 31.2 Å². The Labute approximate surface area is 231 Å². The molecular weight excluding hydrogens is 640 g/mol. The van der Waals surface area contributed by atoms with Gasteiger partial charge < -0.3 is 5.32 Å². The minimum Gasteiger partial charge on any atom is -0.348 e. The van der Waals surface area contributed by atoms with Gasteiger partial charge in [-0.3, -0.25) is 9.69 Å². The minimum atomic E-state index is -4.90. The second-order valence-electron chi connectivity index (χ2n) is 8.21. The van der Waals surface area contributed by atoms with E-state index in [2.05, 4.69) is 21.2 Å². The molecule has 1 amide bonds. The first kappa shape index (κ1) is 31.7. The molecule has 2 atom stereocenters. The molecule has 37 heavy (non-hydrogen) atoms. The zero-order valence-electron chi connectivity index (χ0n) is 19.0. The Kier molecular flexibility index (Phi) is 10.7. The Morgan fingerprint density at radius 1 is 1.08 bits per heavy atom. The van der Waals surface area contributed by atoms with Crippen molar-refractivity contribution >= 4 is 62.5 Å². The molecule has 0 saturated carbocycles. The first-order chi connectivity index (χ1) is 16.9. The van der Waals surface area contributed by atoms with Crippen molar-refractivity contribution in [3.05, 3.63) is 72.6 Å². The molecule has 0 aliphatic carbocycles. The number of carbonyl (C=O) groups is 1. The Bertz CT molecular complexity index is 1150. The van der Waals surface area contributed by atoms with E-state index in [1.807, 2.05) is 0 Å². The highest BCUT2D eigenvalue weighted by molar-refractivity contribution is 9.10. The molecule has 3 nitrogen and oxygen atoms in total. The fraction of sp³-hybridized carbons (Fsp3) is 0.348. The van der Waals surface area contributed by atoms with E-state index in [1.165, 1.54) is 20.0 Å². The van der Waals surface area contributed by atoms with Gasteiger partial charge in [0.05, 0.1) is 27.2 Å². The van der Waals surface area contributed by atoms with Crippen molar-refractivity contribution in [3.63, 3.8) is 0 Å². The van der Waals surface area contributed by atoms with Gasteiger partial charge in [-0.25, -0.2) is 4.39 Å². The third kappa shape index (κ3) is 9.31. The van der Waals surface area contributed by atoms with Gasteiger partial charge in [0.25, 0.3) is 5.91 Å². The zero-order valence-corrected chi connectivity index (χ0v) is 22.9. The summed E-state index contributed by atoms with van der Waals surface area (Å²) in [4.78, 5) is 13.5. The molecule has 0 saturated heterocycles. The van der Waals surface area contributed by atoms with Gasteiger partial charge in [0, 0.05) is 22.6 Å². The van der Waals surface area contributed by atoms with Crippen LogP contribution < -0.4 is 5.32 Å². The van der Waals surface area contributed by atoms with Crippen LogP contribution in [0.2, 0.25) is 15.1 Å². The van der Waals surface area contributed by atoms with Crippen molar-refractivity contribution in [1.82, 2.24) is 10.2 Å². The molecule has 0 radical (unpaired) electrons. The number of carbonyl (C=O) groups excluding carboxylic acids is 1. The molecule has 2 aromatic rings. The summed E-state index contributed by atoms with van der Waals surface area (Å²) in [5.41, 5.74) is -0.686. The monoisotopic (exact) mass is 656 g/mol. The normalized spacial score (nSPS) is 14.6. The average Bonchev–Trinajstić information content (AvgIpc) is 2.72. The highest BCUT2D eigenvalue weighted by Gasteiger charge is 2.40. The van der Waals surface area contributed by atoms with Gasteiger partial charge >= 0.3 is 12.4 Å². The molecule has 0 heterocycles. The number of amides is 1. The number of allylic oxidation sites excluding steroid dienone is 1. The second-order valence-corrected chi connectivity index (χ2v) is 10.3. The second kappa shape index (κ2) is 12.5. The molecule has 2 unspecified atom stereocenters. The molecule has 0 fully saturated rings. The molecule has 2 aromatic carbocycles. The van der Waals surface area contributed by atoms with Crippen LogP contribution in [-0.4, -0.2) is 49.3 Å². The summed E-state index contributed by atoms with van der Waals surface area (Å²) in [6.07, 6.45) is -8.95. The SMILES string of the molecule is CC(CN(C)CC(F)(F)F)NC(=O)c1ccc(/C(F)=C/C(c2cc(Cl)c(Cl)c(Cl)c2)C(F)(F)F)cc1Br. The molecule has 0 bridgehead atoms. The highest BCUT2D eigenvalue weighted by Crippen LogP contribution is 2.42. The number of halogens is 11. The van der Waals surface area contributed by atoms with Gasteiger partial charge in [0.1, 0.15) is 11.7 Å². The lowest BCUT2D eigenvalue weighted by Crippen LogP contribution is -2.43. The van der Waals surface area contributed by atoms with Crippen LogP contribution in [0.5, 0.6) is 0 Å². The van der Waals surface area contributed by atoms with E-state index in [0.717, 1.165) is 29.2 Å². The number of hydrogen-bond donors (Lipinski definition) is 1. The van der Waals surface area contributed by atoms with E-state index < -0.39 is 48.2 Å². The molecule has 2 rings (SSSR count). The maximum atomic E-state index is 14.9. The van der Waals surface area contributed by atoms with Gasteiger partial charge in [0.15, 0.2) is 0 Å². The van der Waals surface area contributed by atoms with Gasteiger partial charge in [-0.05, 0) is 65.8 Å². The predicted octanol–water partition coefficient (Wildman–Crippen LogP) is 8.68. The number of nitrogens with zero attached hydrogens (tertiary/aromatic N) is 1. The fourth-order valence-electron chi connectivity index (χ4n) is 3.41. The quantitative estimate of drug-likeness (QED) is 0.228. The summed E-state index contributed by atoms with van der Waals surface area (Å²) < 4.78 is 93.7. The van der Waals surface area contributed by atoms with E-state index in [9.17, 15) is 35.5 Å². The summed E-state index contributed by atoms with van der Waals surface area (Å²) >= 11 is 20.5. The topological polar surface area (TPSA) is 32.3 Å². The van der Waals surface area contributed by atoms with Crippen molar-refractivity contribution < 1.29 is 35.5 Å². The van der Waals surface area contributed by atoms with Crippen LogP contribution >= 0.6 is 50.7 Å². The Morgan fingerprint density at radius 2 is 1.65 bits per heavy atom. The molecule has 0 aliphatic rings. The van der Waals surface area contributed by atoms with Crippen LogP contribution in [-0.2, 0) is 0 Å². The maximum absolute atomic E-state index is 14.9. The third-order valence-corrected chi connectivity index (χ3v) is 6.79. The summed E-state index contributed by atoms with van der Waals surface area (Å²) in [7, 11) is 1.25. The van der Waals surface area contributed by atoms with E-state index in [-0.39, 0.29) is 37.2 Å². The van der Waals surface area contributed by atoms with Gasteiger partial charge in [-0.15, -0.1) is 0 Å². The first-order valence-corrected chi connectivity index (χ1v) is 12.3. The van der Waals surface area contributed by atoms with Gasteiger partial charge in [-0.1, -0.05) is 40.9 Å². The van der Waals surface area contributed by atoms with Crippen LogP contribution in [0.4, 0.5) is 30.7 Å². The lowest BCUT2D eigenvalue weighted by atomic mass is 9.96. The van der Waals surface area contributed by atoms with Gasteiger partial charge in [-0.2, -0.15) is 26.3 Å². The fourth-order valence-corrected chi connectivity index (χ4v) is 4.58. The number of hydrogen-bond acceptors (Lipinski definition) is 2. The largest absolute Gasteiger partial charge is 0.401 e. The Balaban J connectivity index is 2.25. The molecule has 0 aliphatic heterocycles. The number of likely N-dealkylation sites (N-methyl/N-ethyl adjacent to an activating group) is 1. The number of rotatable bonds is 8. The zero-order chi connectivity index (χ0) is 28.3. The van der Waals surface area contributed by atoms with Crippen LogP contribution in [0.1, 0.15) is 34.3 Å². The van der Waals surface area contributed by atoms with Crippen molar-refractivity contribution in [2.24, 2.45) is 0 Å². The Morgan fingerprint density at radius 3 is 2.14 bits per heavy atom. The van der Waals surface area contributed by atoms with Crippen molar-refractivity contribution in [1.29, 1.82) is 0 Å². The van der Waals surface area contributed by atoms with E-state index in [4.69, 9.17) is 34.8 Å². The molecule has 204 valence electrons. The summed E-state index contributed by atoms with van der Waals surface area (Å²) in [6, 6.07) is 4.58. The van der Waals surface area contributed by atoms with Crippen molar-refractivity contribution in [2.75, 3.05) is 20.1 Å². The first-order valence-electron chi connectivity index (χ1n) is 10.3. The molecule has 1 N–H and O–H groups in total. The third-order valence-electron chi connectivity index (χ3n) is 4.93. The van der Waals surface area contributed by atoms with Crippen LogP contribution in [0.3, 0.4) is 0 Å². The summed E-state index contributed by atoms with van der Waals surface area (Å²) in [5.74, 6) is -4.32. The van der Waals surface area contributed by atoms with Gasteiger partial charge in [0.2, 0.25) is 0 Å².